The molecule has 1 unspecified atom stereocenters. The summed E-state index contributed by atoms with van der Waals surface area (Å²) in [5.41, 5.74) is 1.06. The van der Waals surface area contributed by atoms with Gasteiger partial charge in [-0.25, -0.2) is 4.98 Å². The van der Waals surface area contributed by atoms with E-state index >= 15 is 0 Å². The maximum absolute atomic E-state index is 4.40. The molecule has 1 atom stereocenters. The molecule has 3 heteroatoms. The highest BCUT2D eigenvalue weighted by atomic mass is 15.0. The number of nitrogens with one attached hydrogen (secondary N) is 2. The van der Waals surface area contributed by atoms with Gasteiger partial charge in [0.25, 0.3) is 0 Å². The first kappa shape index (κ1) is 11.4. The third kappa shape index (κ3) is 3.49. The van der Waals surface area contributed by atoms with Crippen molar-refractivity contribution in [3.63, 3.8) is 0 Å². The third-order valence-electron chi connectivity index (χ3n) is 3.11. The van der Waals surface area contributed by atoms with Crippen molar-refractivity contribution in [3.05, 3.63) is 23.9 Å². The van der Waals surface area contributed by atoms with Crippen molar-refractivity contribution in [2.75, 3.05) is 18.4 Å². The van der Waals surface area contributed by atoms with Crippen molar-refractivity contribution in [1.82, 2.24) is 10.3 Å². The third-order valence-corrected chi connectivity index (χ3v) is 3.11. The average molecular weight is 219 g/mol. The maximum Gasteiger partial charge on any atom is 0.126 e. The van der Waals surface area contributed by atoms with Gasteiger partial charge < -0.3 is 10.6 Å². The summed E-state index contributed by atoms with van der Waals surface area (Å²) >= 11 is 0. The van der Waals surface area contributed by atoms with E-state index < -0.39 is 0 Å². The first-order chi connectivity index (χ1) is 7.75. The van der Waals surface area contributed by atoms with Gasteiger partial charge in [0.2, 0.25) is 0 Å². The van der Waals surface area contributed by atoms with Crippen LogP contribution in [0.3, 0.4) is 0 Å². The molecule has 0 spiro atoms. The lowest BCUT2D eigenvalue weighted by Crippen LogP contribution is -2.32. The fourth-order valence-electron chi connectivity index (χ4n) is 1.89. The summed E-state index contributed by atoms with van der Waals surface area (Å²) in [6, 6.07) is 6.73. The van der Waals surface area contributed by atoms with Crippen LogP contribution in [0.15, 0.2) is 18.2 Å². The lowest BCUT2D eigenvalue weighted by Gasteiger charge is -2.13. The number of pyridine rings is 1. The highest BCUT2D eigenvalue weighted by Gasteiger charge is 2.26. The Balaban J connectivity index is 1.63. The molecular weight excluding hydrogens is 198 g/mol. The van der Waals surface area contributed by atoms with E-state index in [2.05, 4.69) is 22.5 Å². The van der Waals surface area contributed by atoms with Gasteiger partial charge in [-0.3, -0.25) is 0 Å². The highest BCUT2D eigenvalue weighted by Crippen LogP contribution is 2.32. The molecule has 0 saturated heterocycles. The van der Waals surface area contributed by atoms with E-state index in [9.17, 15) is 0 Å². The van der Waals surface area contributed by atoms with E-state index in [-0.39, 0.29) is 0 Å². The molecule has 0 amide bonds. The Bertz CT molecular complexity index is 334. The second kappa shape index (κ2) is 5.30. The van der Waals surface area contributed by atoms with Gasteiger partial charge in [0, 0.05) is 24.8 Å². The SMILES string of the molecule is Cc1cccc(NCCNC(C)C2CC2)n1. The Kier molecular flexibility index (Phi) is 3.78. The molecule has 0 bridgehead atoms. The van der Waals surface area contributed by atoms with E-state index in [1.54, 1.807) is 0 Å². The van der Waals surface area contributed by atoms with Crippen LogP contribution in [0, 0.1) is 12.8 Å². The smallest absolute Gasteiger partial charge is 0.126 e. The summed E-state index contributed by atoms with van der Waals surface area (Å²) < 4.78 is 0. The predicted molar refractivity (Wildman–Crippen MR) is 67.7 cm³/mol. The van der Waals surface area contributed by atoms with Gasteiger partial charge in [-0.05, 0) is 44.7 Å². The minimum atomic E-state index is 0.673. The number of hydrogen-bond donors (Lipinski definition) is 2. The molecule has 1 fully saturated rings. The molecular formula is C13H21N3. The van der Waals surface area contributed by atoms with E-state index in [1.165, 1.54) is 12.8 Å². The summed E-state index contributed by atoms with van der Waals surface area (Å²) in [7, 11) is 0. The summed E-state index contributed by atoms with van der Waals surface area (Å²) in [6.07, 6.45) is 2.81. The van der Waals surface area contributed by atoms with Gasteiger partial charge in [0.15, 0.2) is 0 Å². The molecule has 1 heterocycles. The number of aryl methyl sites for hydroxylation is 1. The van der Waals surface area contributed by atoms with Gasteiger partial charge in [-0.15, -0.1) is 0 Å². The van der Waals surface area contributed by atoms with Crippen LogP contribution in [-0.2, 0) is 0 Å². The normalized spacial score (nSPS) is 17.1. The molecule has 1 aromatic rings. The topological polar surface area (TPSA) is 37.0 Å². The molecule has 0 aliphatic heterocycles. The molecule has 88 valence electrons. The molecule has 1 saturated carbocycles. The van der Waals surface area contributed by atoms with E-state index in [0.717, 1.165) is 30.5 Å². The standard InChI is InChI=1S/C13H21N3/c1-10-4-3-5-13(16-10)15-9-8-14-11(2)12-6-7-12/h3-5,11-12,14H,6-9H2,1-2H3,(H,15,16). The zero-order valence-corrected chi connectivity index (χ0v) is 10.2. The van der Waals surface area contributed by atoms with Crippen LogP contribution in [-0.4, -0.2) is 24.1 Å². The summed E-state index contributed by atoms with van der Waals surface area (Å²) in [6.45, 7) is 6.24. The van der Waals surface area contributed by atoms with E-state index in [4.69, 9.17) is 0 Å². The van der Waals surface area contributed by atoms with E-state index in [1.807, 2.05) is 25.1 Å². The first-order valence-corrected chi connectivity index (χ1v) is 6.16. The molecule has 0 aromatic carbocycles. The summed E-state index contributed by atoms with van der Waals surface area (Å²) in [4.78, 5) is 4.40. The Hall–Kier alpha value is -1.09. The van der Waals surface area contributed by atoms with Crippen molar-refractivity contribution in [2.45, 2.75) is 32.7 Å². The fraction of sp³-hybridized carbons (Fsp3) is 0.615. The monoisotopic (exact) mass is 219 g/mol. The second-order valence-corrected chi connectivity index (χ2v) is 4.67. The van der Waals surface area contributed by atoms with Crippen LogP contribution < -0.4 is 10.6 Å². The molecule has 1 aromatic heterocycles. The Labute approximate surface area is 97.7 Å². The second-order valence-electron chi connectivity index (χ2n) is 4.67. The number of nitrogens with zero attached hydrogens (tertiary/aromatic N) is 1. The van der Waals surface area contributed by atoms with Crippen LogP contribution in [0.25, 0.3) is 0 Å². The Morgan fingerprint density at radius 3 is 2.88 bits per heavy atom. The molecule has 2 rings (SSSR count). The molecule has 1 aliphatic rings. The van der Waals surface area contributed by atoms with Crippen molar-refractivity contribution < 1.29 is 0 Å². The van der Waals surface area contributed by atoms with Gasteiger partial charge in [-0.1, -0.05) is 6.07 Å². The summed E-state index contributed by atoms with van der Waals surface area (Å²) in [5.74, 6) is 1.90. The quantitative estimate of drug-likeness (QED) is 0.720. The highest BCUT2D eigenvalue weighted by molar-refractivity contribution is 5.34. The van der Waals surface area contributed by atoms with Gasteiger partial charge >= 0.3 is 0 Å². The van der Waals surface area contributed by atoms with Crippen molar-refractivity contribution in [3.8, 4) is 0 Å². The molecule has 16 heavy (non-hydrogen) atoms. The number of anilines is 1. The molecule has 0 radical (unpaired) electrons. The first-order valence-electron chi connectivity index (χ1n) is 6.16. The van der Waals surface area contributed by atoms with Gasteiger partial charge in [-0.2, -0.15) is 0 Å². The van der Waals surface area contributed by atoms with Gasteiger partial charge in [0.05, 0.1) is 0 Å². The predicted octanol–water partition coefficient (Wildman–Crippen LogP) is 2.19. The number of aromatic nitrogens is 1. The van der Waals surface area contributed by atoms with Crippen LogP contribution in [0.2, 0.25) is 0 Å². The molecule has 3 nitrogen and oxygen atoms in total. The fourth-order valence-corrected chi connectivity index (χ4v) is 1.89. The number of rotatable bonds is 6. The minimum Gasteiger partial charge on any atom is -0.369 e. The van der Waals surface area contributed by atoms with Crippen molar-refractivity contribution in [1.29, 1.82) is 0 Å². The van der Waals surface area contributed by atoms with Crippen molar-refractivity contribution in [2.24, 2.45) is 5.92 Å². The minimum absolute atomic E-state index is 0.673. The Morgan fingerprint density at radius 1 is 1.38 bits per heavy atom. The van der Waals surface area contributed by atoms with Crippen LogP contribution in [0.5, 0.6) is 0 Å². The van der Waals surface area contributed by atoms with Crippen LogP contribution >= 0.6 is 0 Å². The zero-order valence-electron chi connectivity index (χ0n) is 10.2. The Morgan fingerprint density at radius 2 is 2.19 bits per heavy atom. The van der Waals surface area contributed by atoms with Crippen LogP contribution in [0.4, 0.5) is 5.82 Å². The maximum atomic E-state index is 4.40. The number of hydrogen-bond acceptors (Lipinski definition) is 3. The van der Waals surface area contributed by atoms with Crippen LogP contribution in [0.1, 0.15) is 25.5 Å². The molecule has 2 N–H and O–H groups in total. The van der Waals surface area contributed by atoms with Crippen molar-refractivity contribution >= 4 is 5.82 Å². The lowest BCUT2D eigenvalue weighted by molar-refractivity contribution is 0.507. The zero-order chi connectivity index (χ0) is 11.4. The van der Waals surface area contributed by atoms with E-state index in [0.29, 0.717) is 6.04 Å². The summed E-state index contributed by atoms with van der Waals surface area (Å²) in [5, 5.41) is 6.87. The largest absolute Gasteiger partial charge is 0.369 e. The lowest BCUT2D eigenvalue weighted by atomic mass is 10.2. The van der Waals surface area contributed by atoms with Gasteiger partial charge in [0.1, 0.15) is 5.82 Å². The average Bonchev–Trinajstić information content (AvgIpc) is 3.08. The molecule has 1 aliphatic carbocycles.